The number of rotatable bonds is 5. The predicted octanol–water partition coefficient (Wildman–Crippen LogP) is 0.749. The zero-order chi connectivity index (χ0) is 16.6. The molecule has 0 atom stereocenters. The largest absolute Gasteiger partial charge is 0.369 e. The average Bonchev–Trinajstić information content (AvgIpc) is 2.85. The van der Waals surface area contributed by atoms with Crippen LogP contribution in [0.3, 0.4) is 0 Å². The molecule has 2 rings (SSSR count). The van der Waals surface area contributed by atoms with E-state index in [0.717, 1.165) is 0 Å². The molecule has 120 valence electrons. The van der Waals surface area contributed by atoms with E-state index < -0.39 is 26.7 Å². The first-order chi connectivity index (χ1) is 10.0. The summed E-state index contributed by atoms with van der Waals surface area (Å²) in [6, 6.07) is 8.64. The van der Waals surface area contributed by atoms with Gasteiger partial charge in [-0.05, 0) is 11.5 Å². The zero-order valence-corrected chi connectivity index (χ0v) is 13.4. The Balaban J connectivity index is 2.36. The van der Waals surface area contributed by atoms with Crippen LogP contribution in [0, 0.1) is 0 Å². The first-order valence-electron chi connectivity index (χ1n) is 5.76. The fourth-order valence-corrected chi connectivity index (χ4v) is 4.63. The molecule has 12 heteroatoms. The third kappa shape index (κ3) is 3.34. The minimum atomic E-state index is -5.51. The molecule has 0 saturated carbocycles. The molecular weight excluding hydrogens is 354 g/mol. The van der Waals surface area contributed by atoms with Crippen molar-refractivity contribution >= 4 is 26.7 Å². The van der Waals surface area contributed by atoms with Crippen LogP contribution in [0.2, 0.25) is 0 Å². The minimum Gasteiger partial charge on any atom is -0.367 e. The summed E-state index contributed by atoms with van der Waals surface area (Å²) >= 11 is 0.696. The maximum absolute atomic E-state index is 11.3. The van der Waals surface area contributed by atoms with Gasteiger partial charge >= 0.3 is 15.2 Å². The summed E-state index contributed by atoms with van der Waals surface area (Å²) < 4.78 is 26.5. The van der Waals surface area contributed by atoms with Gasteiger partial charge in [0.2, 0.25) is 0 Å². The third-order valence-electron chi connectivity index (χ3n) is 2.82. The highest BCUT2D eigenvalue weighted by Gasteiger charge is 2.59. The van der Waals surface area contributed by atoms with Crippen molar-refractivity contribution in [3.63, 3.8) is 0 Å². The molecule has 1 aromatic carbocycles. The molecule has 22 heavy (non-hydrogen) atoms. The lowest BCUT2D eigenvalue weighted by Crippen LogP contribution is -2.31. The van der Waals surface area contributed by atoms with Crippen molar-refractivity contribution in [3.05, 3.63) is 35.3 Å². The molecule has 0 aliphatic rings. The average molecular weight is 366 g/mol. The van der Waals surface area contributed by atoms with Crippen molar-refractivity contribution in [1.82, 2.24) is 9.36 Å². The number of aromatic nitrogens is 2. The summed E-state index contributed by atoms with van der Waals surface area (Å²) in [6.07, 6.45) is -1.01. The highest BCUT2D eigenvalue weighted by Crippen LogP contribution is 2.68. The Labute approximate surface area is 128 Å². The zero-order valence-electron chi connectivity index (χ0n) is 10.8. The van der Waals surface area contributed by atoms with Crippen LogP contribution in [0.1, 0.15) is 5.01 Å². The van der Waals surface area contributed by atoms with Gasteiger partial charge in [-0.1, -0.05) is 30.3 Å². The fourth-order valence-electron chi connectivity index (χ4n) is 1.61. The van der Waals surface area contributed by atoms with Crippen molar-refractivity contribution < 1.29 is 33.8 Å². The van der Waals surface area contributed by atoms with E-state index in [1.54, 1.807) is 30.3 Å². The van der Waals surface area contributed by atoms with Crippen LogP contribution in [0.25, 0.3) is 11.4 Å². The lowest BCUT2D eigenvalue weighted by molar-refractivity contribution is 0.131. The fraction of sp³-hybridized carbons (Fsp3) is 0.200. The maximum atomic E-state index is 11.3. The Morgan fingerprint density at radius 3 is 2.09 bits per heavy atom. The van der Waals surface area contributed by atoms with Crippen molar-refractivity contribution in [1.29, 1.82) is 0 Å². The molecule has 0 fully saturated rings. The molecule has 2 aromatic rings. The van der Waals surface area contributed by atoms with E-state index >= 15 is 0 Å². The smallest absolute Gasteiger partial charge is 0.367 e. The molecule has 0 spiro atoms. The van der Waals surface area contributed by atoms with Crippen molar-refractivity contribution in [3.8, 4) is 11.4 Å². The van der Waals surface area contributed by atoms with Crippen LogP contribution < -0.4 is 0 Å². The lowest BCUT2D eigenvalue weighted by Gasteiger charge is -2.28. The Morgan fingerprint density at radius 1 is 1.05 bits per heavy atom. The quantitative estimate of drug-likeness (QED) is 0.481. The summed E-state index contributed by atoms with van der Waals surface area (Å²) in [5.41, 5.74) is 0.626. The summed E-state index contributed by atoms with van der Waals surface area (Å²) in [4.78, 5) is 40.3. The van der Waals surface area contributed by atoms with Gasteiger partial charge in [0.15, 0.2) is 5.82 Å². The second-order valence-electron chi connectivity index (χ2n) is 4.42. The van der Waals surface area contributed by atoms with Gasteiger partial charge in [-0.25, -0.2) is 4.98 Å². The van der Waals surface area contributed by atoms with E-state index in [2.05, 4.69) is 9.36 Å². The van der Waals surface area contributed by atoms with Crippen molar-refractivity contribution in [2.24, 2.45) is 0 Å². The van der Waals surface area contributed by atoms with Gasteiger partial charge in [-0.15, -0.1) is 0 Å². The Hall–Kier alpha value is -0.960. The SMILES string of the molecule is O=P(O)(O)C(O)(Cc1nc(-c2ccccc2)ns1)P(=O)(O)O. The number of benzene rings is 1. The Morgan fingerprint density at radius 2 is 1.59 bits per heavy atom. The highest BCUT2D eigenvalue weighted by atomic mass is 32.1. The van der Waals surface area contributed by atoms with Gasteiger partial charge in [-0.3, -0.25) is 9.13 Å². The van der Waals surface area contributed by atoms with E-state index in [9.17, 15) is 14.2 Å². The number of nitrogens with zero attached hydrogens (tertiary/aromatic N) is 2. The summed E-state index contributed by atoms with van der Waals surface area (Å²) in [5, 5.41) is 6.21. The standard InChI is InChI=1S/C10H12N2O7P2S/c13-10(20(14,15)16,21(17,18)19)6-8-11-9(12-22-8)7-4-2-1-3-5-7/h1-5,13H,6H2,(H2,14,15,16)(H2,17,18,19). The predicted molar refractivity (Wildman–Crippen MR) is 78.1 cm³/mol. The second-order valence-corrected chi connectivity index (χ2v) is 9.26. The number of hydrogen-bond acceptors (Lipinski definition) is 6. The molecular formula is C10H12N2O7P2S. The molecule has 0 radical (unpaired) electrons. The Kier molecular flexibility index (Phi) is 4.68. The monoisotopic (exact) mass is 366 g/mol. The topological polar surface area (TPSA) is 161 Å². The summed E-state index contributed by atoms with van der Waals surface area (Å²) in [5.74, 6) is 0.236. The van der Waals surface area contributed by atoms with Gasteiger partial charge in [0, 0.05) is 5.56 Å². The molecule has 5 N–H and O–H groups in total. The van der Waals surface area contributed by atoms with E-state index in [-0.39, 0.29) is 10.8 Å². The van der Waals surface area contributed by atoms with Crippen LogP contribution in [-0.2, 0) is 15.6 Å². The third-order valence-corrected chi connectivity index (χ3v) is 7.28. The first-order valence-corrected chi connectivity index (χ1v) is 9.76. The molecule has 0 bridgehead atoms. The van der Waals surface area contributed by atoms with Crippen molar-refractivity contribution in [2.75, 3.05) is 0 Å². The maximum Gasteiger partial charge on any atom is 0.369 e. The van der Waals surface area contributed by atoms with Crippen LogP contribution in [-0.4, -0.2) is 39.1 Å². The van der Waals surface area contributed by atoms with E-state index in [0.29, 0.717) is 17.1 Å². The summed E-state index contributed by atoms with van der Waals surface area (Å²) in [7, 11) is -11.0. The number of hydrogen-bond donors (Lipinski definition) is 5. The minimum absolute atomic E-state index is 0.104. The molecule has 0 saturated heterocycles. The van der Waals surface area contributed by atoms with Crippen LogP contribution >= 0.6 is 26.7 Å². The Bertz CT molecular complexity index is 732. The molecule has 1 heterocycles. The van der Waals surface area contributed by atoms with Gasteiger partial charge in [0.1, 0.15) is 5.01 Å². The normalized spacial score (nSPS) is 13.3. The molecule has 0 amide bonds. The van der Waals surface area contributed by atoms with Crippen molar-refractivity contribution in [2.45, 2.75) is 11.5 Å². The van der Waals surface area contributed by atoms with Gasteiger partial charge in [0.05, 0.1) is 6.42 Å². The van der Waals surface area contributed by atoms with Crippen LogP contribution in [0.5, 0.6) is 0 Å². The van der Waals surface area contributed by atoms with Crippen LogP contribution in [0.4, 0.5) is 0 Å². The van der Waals surface area contributed by atoms with Gasteiger partial charge in [-0.2, -0.15) is 4.37 Å². The number of aliphatic hydroxyl groups is 1. The molecule has 0 unspecified atom stereocenters. The lowest BCUT2D eigenvalue weighted by atomic mass is 10.2. The van der Waals surface area contributed by atoms with E-state index in [4.69, 9.17) is 19.6 Å². The van der Waals surface area contributed by atoms with Gasteiger partial charge in [0.25, 0.3) is 5.08 Å². The second kappa shape index (κ2) is 5.92. The molecule has 9 nitrogen and oxygen atoms in total. The van der Waals surface area contributed by atoms with Gasteiger partial charge < -0.3 is 24.7 Å². The molecule has 1 aromatic heterocycles. The highest BCUT2D eigenvalue weighted by molar-refractivity contribution is 7.72. The van der Waals surface area contributed by atoms with E-state index in [1.807, 2.05) is 0 Å². The van der Waals surface area contributed by atoms with Crippen LogP contribution in [0.15, 0.2) is 30.3 Å². The van der Waals surface area contributed by atoms with E-state index in [1.165, 1.54) is 0 Å². The molecule has 0 aliphatic heterocycles. The first kappa shape index (κ1) is 17.4. The molecule has 0 aliphatic carbocycles. The summed E-state index contributed by atoms with van der Waals surface area (Å²) in [6.45, 7) is 0.